The third kappa shape index (κ3) is 14.5. The standard InChI is InChI=1S/C14H24N2O7/c1-3-21-10-13(19)16-9-14(20)23-7-4-5-12(18)15-6-8-22-11(2)17/h3-10H2,1-2H3,(H,15,18)(H,16,19). The minimum Gasteiger partial charge on any atom is -0.464 e. The van der Waals surface area contributed by atoms with Crippen molar-refractivity contribution in [3.8, 4) is 0 Å². The van der Waals surface area contributed by atoms with Gasteiger partial charge in [-0.2, -0.15) is 0 Å². The molecule has 2 amide bonds. The van der Waals surface area contributed by atoms with Crippen LogP contribution in [0.2, 0.25) is 0 Å². The van der Waals surface area contributed by atoms with Crippen molar-refractivity contribution in [1.82, 2.24) is 10.6 Å². The Bertz CT molecular complexity index is 399. The van der Waals surface area contributed by atoms with Crippen LogP contribution in [0.1, 0.15) is 26.7 Å². The van der Waals surface area contributed by atoms with E-state index in [0.717, 1.165) is 0 Å². The van der Waals surface area contributed by atoms with Crippen molar-refractivity contribution in [3.05, 3.63) is 0 Å². The van der Waals surface area contributed by atoms with Crippen molar-refractivity contribution < 1.29 is 33.4 Å². The molecule has 0 spiro atoms. The fourth-order valence-electron chi connectivity index (χ4n) is 1.36. The van der Waals surface area contributed by atoms with Crippen LogP contribution >= 0.6 is 0 Å². The molecule has 0 aliphatic rings. The maximum Gasteiger partial charge on any atom is 0.325 e. The van der Waals surface area contributed by atoms with Crippen LogP contribution in [0.15, 0.2) is 0 Å². The van der Waals surface area contributed by atoms with E-state index in [0.29, 0.717) is 13.0 Å². The van der Waals surface area contributed by atoms with Crippen molar-refractivity contribution in [2.45, 2.75) is 26.7 Å². The lowest BCUT2D eigenvalue weighted by molar-refractivity contribution is -0.144. The Hall–Kier alpha value is -2.16. The Balaban J connectivity index is 3.52. The Kier molecular flexibility index (Phi) is 12.2. The quantitative estimate of drug-likeness (QED) is 0.352. The highest BCUT2D eigenvalue weighted by atomic mass is 16.5. The fourth-order valence-corrected chi connectivity index (χ4v) is 1.36. The minimum absolute atomic E-state index is 0.0809. The number of carbonyl (C=O) groups excluding carboxylic acids is 4. The molecule has 0 atom stereocenters. The van der Waals surface area contributed by atoms with Crippen LogP contribution in [0.3, 0.4) is 0 Å². The van der Waals surface area contributed by atoms with E-state index in [-0.39, 0.29) is 45.2 Å². The summed E-state index contributed by atoms with van der Waals surface area (Å²) < 4.78 is 14.4. The highest BCUT2D eigenvalue weighted by Gasteiger charge is 2.07. The molecular weight excluding hydrogens is 308 g/mol. The molecule has 0 unspecified atom stereocenters. The van der Waals surface area contributed by atoms with Gasteiger partial charge >= 0.3 is 11.9 Å². The molecule has 0 radical (unpaired) electrons. The Morgan fingerprint density at radius 2 is 1.70 bits per heavy atom. The number of esters is 2. The van der Waals surface area contributed by atoms with Crippen molar-refractivity contribution >= 4 is 23.8 Å². The summed E-state index contributed by atoms with van der Waals surface area (Å²) in [5, 5.41) is 4.91. The third-order valence-electron chi connectivity index (χ3n) is 2.41. The van der Waals surface area contributed by atoms with Crippen LogP contribution in [-0.4, -0.2) is 63.3 Å². The highest BCUT2D eigenvalue weighted by Crippen LogP contribution is 1.91. The highest BCUT2D eigenvalue weighted by molar-refractivity contribution is 5.82. The van der Waals surface area contributed by atoms with E-state index in [1.807, 2.05) is 0 Å². The molecule has 0 saturated heterocycles. The second-order valence-corrected chi connectivity index (χ2v) is 4.43. The first-order chi connectivity index (χ1) is 11.0. The average Bonchev–Trinajstić information content (AvgIpc) is 2.51. The van der Waals surface area contributed by atoms with E-state index < -0.39 is 17.8 Å². The van der Waals surface area contributed by atoms with Crippen LogP contribution in [-0.2, 0) is 33.4 Å². The molecule has 0 aliphatic carbocycles. The van der Waals surface area contributed by atoms with Gasteiger partial charge in [-0.25, -0.2) is 0 Å². The Labute approximate surface area is 135 Å². The average molecular weight is 332 g/mol. The maximum atomic E-state index is 11.4. The lowest BCUT2D eigenvalue weighted by Gasteiger charge is -2.07. The summed E-state index contributed by atoms with van der Waals surface area (Å²) in [5.41, 5.74) is 0. The SMILES string of the molecule is CCOCC(=O)NCC(=O)OCCCC(=O)NCCOC(C)=O. The first kappa shape index (κ1) is 20.8. The molecule has 9 heteroatoms. The van der Waals surface area contributed by atoms with Gasteiger partial charge < -0.3 is 24.8 Å². The lowest BCUT2D eigenvalue weighted by Crippen LogP contribution is -2.33. The van der Waals surface area contributed by atoms with E-state index in [4.69, 9.17) is 9.47 Å². The number of ether oxygens (including phenoxy) is 3. The maximum absolute atomic E-state index is 11.4. The third-order valence-corrected chi connectivity index (χ3v) is 2.41. The number of amides is 2. The molecule has 0 aliphatic heterocycles. The van der Waals surface area contributed by atoms with Crippen LogP contribution in [0.25, 0.3) is 0 Å². The van der Waals surface area contributed by atoms with Crippen molar-refractivity contribution in [2.24, 2.45) is 0 Å². The van der Waals surface area contributed by atoms with Gasteiger partial charge in [-0.3, -0.25) is 19.2 Å². The molecule has 0 aromatic carbocycles. The van der Waals surface area contributed by atoms with Crippen molar-refractivity contribution in [1.29, 1.82) is 0 Å². The van der Waals surface area contributed by atoms with Gasteiger partial charge in [-0.15, -0.1) is 0 Å². The zero-order chi connectivity index (χ0) is 17.5. The summed E-state index contributed by atoms with van der Waals surface area (Å²) >= 11 is 0. The number of hydrogen-bond donors (Lipinski definition) is 2. The van der Waals surface area contributed by atoms with Gasteiger partial charge in [0.15, 0.2) is 0 Å². The number of rotatable bonds is 12. The first-order valence-electron chi connectivity index (χ1n) is 7.35. The second kappa shape index (κ2) is 13.5. The molecule has 23 heavy (non-hydrogen) atoms. The summed E-state index contributed by atoms with van der Waals surface area (Å²) in [6.45, 7) is 3.57. The zero-order valence-electron chi connectivity index (χ0n) is 13.5. The predicted octanol–water partition coefficient (Wildman–Crippen LogP) is -0.858. The molecule has 0 heterocycles. The van der Waals surface area contributed by atoms with Gasteiger partial charge in [0, 0.05) is 20.0 Å². The summed E-state index contributed by atoms with van der Waals surface area (Å²) in [6, 6.07) is 0. The van der Waals surface area contributed by atoms with Crippen molar-refractivity contribution in [2.75, 3.05) is 39.5 Å². The monoisotopic (exact) mass is 332 g/mol. The molecule has 0 fully saturated rings. The predicted molar refractivity (Wildman–Crippen MR) is 79.3 cm³/mol. The van der Waals surface area contributed by atoms with E-state index in [1.165, 1.54) is 6.92 Å². The van der Waals surface area contributed by atoms with E-state index >= 15 is 0 Å². The van der Waals surface area contributed by atoms with E-state index in [1.54, 1.807) is 6.92 Å². The largest absolute Gasteiger partial charge is 0.464 e. The molecule has 0 saturated carbocycles. The fraction of sp³-hybridized carbons (Fsp3) is 0.714. The Morgan fingerprint density at radius 3 is 2.35 bits per heavy atom. The smallest absolute Gasteiger partial charge is 0.325 e. The van der Waals surface area contributed by atoms with Gasteiger partial charge in [0.2, 0.25) is 11.8 Å². The summed E-state index contributed by atoms with van der Waals surface area (Å²) in [5.74, 6) is -1.60. The first-order valence-corrected chi connectivity index (χ1v) is 7.35. The molecular formula is C14H24N2O7. The van der Waals surface area contributed by atoms with E-state index in [2.05, 4.69) is 15.4 Å². The summed E-state index contributed by atoms with van der Waals surface area (Å²) in [4.78, 5) is 44.4. The topological polar surface area (TPSA) is 120 Å². The van der Waals surface area contributed by atoms with Gasteiger partial charge in [0.05, 0.1) is 13.2 Å². The van der Waals surface area contributed by atoms with E-state index in [9.17, 15) is 19.2 Å². The molecule has 0 aromatic rings. The van der Waals surface area contributed by atoms with Gasteiger partial charge in [0.1, 0.15) is 19.8 Å². The van der Waals surface area contributed by atoms with Crippen LogP contribution in [0, 0.1) is 0 Å². The molecule has 2 N–H and O–H groups in total. The lowest BCUT2D eigenvalue weighted by atomic mass is 10.3. The second-order valence-electron chi connectivity index (χ2n) is 4.43. The molecule has 9 nitrogen and oxygen atoms in total. The number of nitrogens with one attached hydrogen (secondary N) is 2. The van der Waals surface area contributed by atoms with Gasteiger partial charge in [0.25, 0.3) is 0 Å². The molecule has 0 bridgehead atoms. The summed E-state index contributed by atoms with van der Waals surface area (Å²) in [7, 11) is 0. The normalized spacial score (nSPS) is 9.83. The number of carbonyl (C=O) groups is 4. The minimum atomic E-state index is -0.579. The van der Waals surface area contributed by atoms with Gasteiger partial charge in [-0.05, 0) is 13.3 Å². The van der Waals surface area contributed by atoms with Crippen molar-refractivity contribution in [3.63, 3.8) is 0 Å². The molecule has 0 rings (SSSR count). The zero-order valence-corrected chi connectivity index (χ0v) is 13.5. The Morgan fingerprint density at radius 1 is 0.957 bits per heavy atom. The van der Waals surface area contributed by atoms with Crippen LogP contribution in [0.4, 0.5) is 0 Å². The molecule has 0 aromatic heterocycles. The van der Waals surface area contributed by atoms with Gasteiger partial charge in [-0.1, -0.05) is 0 Å². The number of hydrogen-bond acceptors (Lipinski definition) is 7. The summed E-state index contributed by atoms with van der Waals surface area (Å²) in [6.07, 6.45) is 0.544. The van der Waals surface area contributed by atoms with Crippen LogP contribution < -0.4 is 10.6 Å². The van der Waals surface area contributed by atoms with Crippen LogP contribution in [0.5, 0.6) is 0 Å². The molecule has 132 valence electrons.